The molecule has 0 unspecified atom stereocenters. The van der Waals surface area contributed by atoms with Crippen LogP contribution in [0.2, 0.25) is 0 Å². The molecule has 0 saturated carbocycles. The highest BCUT2D eigenvalue weighted by Gasteiger charge is 2.28. The van der Waals surface area contributed by atoms with Crippen LogP contribution in [-0.4, -0.2) is 39.0 Å². The number of furan rings is 4. The van der Waals surface area contributed by atoms with Crippen LogP contribution in [0.3, 0.4) is 0 Å². The lowest BCUT2D eigenvalue weighted by atomic mass is 9.95. The van der Waals surface area contributed by atoms with E-state index in [0.717, 1.165) is 176 Å². The maximum Gasteiger partial charge on any atom is 0.167 e. The molecule has 114 heavy (non-hydrogen) atoms. The van der Waals surface area contributed by atoms with Gasteiger partial charge in [0.2, 0.25) is 0 Å². The Labute approximate surface area is 649 Å². The van der Waals surface area contributed by atoms with Crippen molar-refractivity contribution in [1.29, 1.82) is 0 Å². The predicted octanol–water partition coefficient (Wildman–Crippen LogP) is 26.9. The Bertz CT molecular complexity index is 7990. The highest BCUT2D eigenvalue weighted by molar-refractivity contribution is 6.28. The van der Waals surface area contributed by atoms with Crippen LogP contribution in [0.5, 0.6) is 0 Å². The van der Waals surface area contributed by atoms with E-state index in [2.05, 4.69) is 240 Å². The van der Waals surface area contributed by atoms with Crippen molar-refractivity contribution in [1.82, 2.24) is 39.0 Å². The van der Waals surface area contributed by atoms with E-state index in [1.165, 1.54) is 10.8 Å². The minimum Gasteiger partial charge on any atom is -0.456 e. The van der Waals surface area contributed by atoms with E-state index in [1.807, 2.05) is 121 Å². The molecule has 16 aromatic carbocycles. The van der Waals surface area contributed by atoms with Crippen LogP contribution >= 0.6 is 0 Å². The molecular weight excluding hydrogens is 1400 g/mol. The van der Waals surface area contributed by atoms with E-state index in [-0.39, 0.29) is 0 Å². The van der Waals surface area contributed by atoms with Gasteiger partial charge in [0.15, 0.2) is 34.9 Å². The Morgan fingerprint density at radius 2 is 0.561 bits per heavy atom. The molecule has 12 heteroatoms. The summed E-state index contributed by atoms with van der Waals surface area (Å²) in [5.74, 6) is 3.30. The summed E-state index contributed by atoms with van der Waals surface area (Å²) in [5, 5.41) is 12.1. The van der Waals surface area contributed by atoms with Gasteiger partial charge in [-0.3, -0.25) is 0 Å². The molecule has 0 spiro atoms. The van der Waals surface area contributed by atoms with E-state index in [9.17, 15) is 0 Å². The number of fused-ring (bicyclic) bond motifs is 20. The number of nitrogens with zero attached hydrogens (tertiary/aromatic N) is 8. The van der Waals surface area contributed by atoms with Crippen molar-refractivity contribution in [2.45, 2.75) is 0 Å². The van der Waals surface area contributed by atoms with Crippen molar-refractivity contribution in [3.8, 4) is 113 Å². The molecule has 8 heterocycles. The van der Waals surface area contributed by atoms with Crippen LogP contribution in [-0.2, 0) is 0 Å². The third-order valence-corrected chi connectivity index (χ3v) is 22.6. The van der Waals surface area contributed by atoms with Gasteiger partial charge in [-0.2, -0.15) is 0 Å². The van der Waals surface area contributed by atoms with Crippen LogP contribution in [0.1, 0.15) is 0 Å². The molecule has 24 rings (SSSR count). The summed E-state index contributed by atoms with van der Waals surface area (Å²) in [7, 11) is 0. The third-order valence-electron chi connectivity index (χ3n) is 22.6. The number of hydrogen-bond acceptors (Lipinski definition) is 10. The maximum absolute atomic E-state index is 7.36. The second kappa shape index (κ2) is 24.9. The molecule has 0 bridgehead atoms. The molecule has 0 atom stereocenters. The second-order valence-electron chi connectivity index (χ2n) is 29.1. The van der Waals surface area contributed by atoms with E-state index < -0.39 is 0 Å². The first kappa shape index (κ1) is 63.3. The largest absolute Gasteiger partial charge is 0.456 e. The van der Waals surface area contributed by atoms with Gasteiger partial charge in [-0.25, -0.2) is 29.9 Å². The lowest BCUT2D eigenvalue weighted by molar-refractivity contribution is 0.663. The molecule has 0 aliphatic heterocycles. The fraction of sp³-hybridized carbons (Fsp3) is 0. The molecule has 8 aromatic heterocycles. The van der Waals surface area contributed by atoms with Gasteiger partial charge < -0.3 is 26.8 Å². The predicted molar refractivity (Wildman–Crippen MR) is 460 cm³/mol. The van der Waals surface area contributed by atoms with Crippen LogP contribution in [0.25, 0.3) is 244 Å². The molecule has 0 fully saturated rings. The van der Waals surface area contributed by atoms with Crippen molar-refractivity contribution < 1.29 is 17.7 Å². The SMILES string of the molecule is c1ccc(-c2ccc(-c3nc(-c4ccccc4)nc(-c4cccc5c4oc4ccc6oc7cc(-n8c9ccccc9c9cc(-c%10cccc(-c%11cc%12c%13cccc(-c%14nc(-c%15ccccc%15)nc(-c%15ccccc%15)n%14)c%13oc%12c%12c%11oc%11cc(-n%13c%14ccccc%14c%14ccccc%14%13)ccc%11%12)c%10)ccc98)ccc7c6c45)n3)cc2)cc1. The van der Waals surface area contributed by atoms with Gasteiger partial charge in [-0.15, -0.1) is 0 Å². The maximum atomic E-state index is 7.36. The number of para-hydroxylation sites is 5. The Kier molecular flexibility index (Phi) is 13.8. The summed E-state index contributed by atoms with van der Waals surface area (Å²) in [5.41, 5.74) is 23.4. The fourth-order valence-corrected chi connectivity index (χ4v) is 17.4. The normalized spacial score (nSPS) is 12.0. The van der Waals surface area contributed by atoms with Gasteiger partial charge in [-0.1, -0.05) is 249 Å². The van der Waals surface area contributed by atoms with E-state index in [0.29, 0.717) is 57.3 Å². The number of rotatable bonds is 11. The topological polar surface area (TPSA) is 140 Å². The zero-order valence-electron chi connectivity index (χ0n) is 60.7. The third kappa shape index (κ3) is 9.90. The Morgan fingerprint density at radius 3 is 1.14 bits per heavy atom. The van der Waals surface area contributed by atoms with Gasteiger partial charge >= 0.3 is 0 Å². The van der Waals surface area contributed by atoms with Crippen molar-refractivity contribution in [3.63, 3.8) is 0 Å². The molecular formula is C102H58N8O4. The van der Waals surface area contributed by atoms with Crippen LogP contribution in [0.4, 0.5) is 0 Å². The zero-order valence-corrected chi connectivity index (χ0v) is 60.7. The molecule has 0 radical (unpaired) electrons. The van der Waals surface area contributed by atoms with Gasteiger partial charge in [0.1, 0.15) is 44.7 Å². The summed E-state index contributed by atoms with van der Waals surface area (Å²) >= 11 is 0. The summed E-state index contributed by atoms with van der Waals surface area (Å²) < 4.78 is 33.3. The fourth-order valence-electron chi connectivity index (χ4n) is 17.4. The van der Waals surface area contributed by atoms with Gasteiger partial charge in [0, 0.05) is 111 Å². The lowest BCUT2D eigenvalue weighted by Crippen LogP contribution is -2.00. The lowest BCUT2D eigenvalue weighted by Gasteiger charge is -2.10. The second-order valence-corrected chi connectivity index (χ2v) is 29.1. The first-order valence-electron chi connectivity index (χ1n) is 38.1. The quantitative estimate of drug-likeness (QED) is 0.123. The van der Waals surface area contributed by atoms with E-state index in [4.69, 9.17) is 47.6 Å². The average molecular weight is 1460 g/mol. The van der Waals surface area contributed by atoms with Crippen LogP contribution in [0, 0.1) is 0 Å². The Morgan fingerprint density at radius 1 is 0.175 bits per heavy atom. The number of hydrogen-bond donors (Lipinski definition) is 0. The van der Waals surface area contributed by atoms with E-state index >= 15 is 0 Å². The summed E-state index contributed by atoms with van der Waals surface area (Å²) in [6.45, 7) is 0. The van der Waals surface area contributed by atoms with Gasteiger partial charge in [-0.05, 0) is 119 Å². The Hall–Kier alpha value is -15.7. The molecule has 24 aromatic rings. The van der Waals surface area contributed by atoms with Gasteiger partial charge in [0.05, 0.1) is 38.6 Å². The highest BCUT2D eigenvalue weighted by atomic mass is 16.4. The smallest absolute Gasteiger partial charge is 0.167 e. The van der Waals surface area contributed by atoms with Crippen molar-refractivity contribution in [3.05, 3.63) is 352 Å². The zero-order chi connectivity index (χ0) is 74.6. The summed E-state index contributed by atoms with van der Waals surface area (Å²) in [6, 6.07) is 122. The molecule has 0 saturated heterocycles. The number of benzene rings is 16. The van der Waals surface area contributed by atoms with Crippen molar-refractivity contribution >= 4 is 131 Å². The van der Waals surface area contributed by atoms with E-state index in [1.54, 1.807) is 0 Å². The molecule has 0 aliphatic carbocycles. The molecule has 12 nitrogen and oxygen atoms in total. The van der Waals surface area contributed by atoms with Gasteiger partial charge in [0.25, 0.3) is 0 Å². The highest BCUT2D eigenvalue weighted by Crippen LogP contribution is 2.49. The average Bonchev–Trinajstić information content (AvgIpc) is 1.56. The summed E-state index contributed by atoms with van der Waals surface area (Å²) in [4.78, 5) is 30.9. The summed E-state index contributed by atoms with van der Waals surface area (Å²) in [6.07, 6.45) is 0. The first-order valence-corrected chi connectivity index (χ1v) is 38.1. The minimum absolute atomic E-state index is 0.506. The minimum atomic E-state index is 0.506. The van der Waals surface area contributed by atoms with Crippen LogP contribution < -0.4 is 0 Å². The monoisotopic (exact) mass is 1460 g/mol. The standard InChI is InChI=1S/C102H58N8O4/c1-5-22-59(23-6-1)60-42-44-64(45-43-60)100-104-99(63-28-11-4-12-29-63)107-102(108-100)78-38-21-36-76-91-87(112-94(76)78)53-52-86-90(91)74-49-47-68(56-88(74)111-86)110-84-41-18-15-34-72(84)80-55-66(46-51-85(80)110)65-30-19-31-67(54-65)79-58-81-73-35-20-37-77(101-105-97(61-24-7-2-8-25-61)103-98(106-101)62-26-9-3-10-27-62)93(73)114-96(81)92-75-50-48-69(57-89(75)113-95(79)92)109-82-39-16-13-32-70(82)71-33-14-17-40-83(71)109/h1-58H. The molecule has 0 aliphatic rings. The Balaban J connectivity index is 0.627. The van der Waals surface area contributed by atoms with Crippen molar-refractivity contribution in [2.75, 3.05) is 0 Å². The number of aromatic nitrogens is 8. The first-order chi connectivity index (χ1) is 56.5. The molecule has 0 N–H and O–H groups in total. The van der Waals surface area contributed by atoms with Crippen molar-refractivity contribution in [2.24, 2.45) is 0 Å². The van der Waals surface area contributed by atoms with Crippen LogP contribution in [0.15, 0.2) is 370 Å². The molecule has 530 valence electrons. The molecule has 0 amide bonds.